The Bertz CT molecular complexity index is 927. The van der Waals surface area contributed by atoms with E-state index in [1.54, 1.807) is 0 Å². The first-order valence-electron chi connectivity index (χ1n) is 9.71. The molecule has 2 aliphatic rings. The topological polar surface area (TPSA) is 59.7 Å². The van der Waals surface area contributed by atoms with Gasteiger partial charge in [-0.05, 0) is 59.1 Å². The number of hydrogen-bond acceptors (Lipinski definition) is 4. The fourth-order valence-electron chi connectivity index (χ4n) is 4.53. The van der Waals surface area contributed by atoms with E-state index < -0.39 is 0 Å². The summed E-state index contributed by atoms with van der Waals surface area (Å²) in [6, 6.07) is 7.28. The first-order chi connectivity index (χ1) is 12.9. The van der Waals surface area contributed by atoms with Crippen LogP contribution in [0.3, 0.4) is 0 Å². The average Bonchev–Trinajstić information content (AvgIpc) is 2.65. The van der Waals surface area contributed by atoms with Crippen molar-refractivity contribution in [3.63, 3.8) is 0 Å². The molecule has 4 rings (SSSR count). The average molecular weight is 368 g/mol. The summed E-state index contributed by atoms with van der Waals surface area (Å²) < 4.78 is 0. The highest BCUT2D eigenvalue weighted by Crippen LogP contribution is 2.32. The first-order valence-corrected chi connectivity index (χ1v) is 9.71. The summed E-state index contributed by atoms with van der Waals surface area (Å²) in [4.78, 5) is 35.1. The Morgan fingerprint density at radius 2 is 1.81 bits per heavy atom. The second kappa shape index (κ2) is 6.77. The fourth-order valence-corrected chi connectivity index (χ4v) is 4.53. The molecule has 6 heteroatoms. The van der Waals surface area contributed by atoms with Crippen molar-refractivity contribution < 1.29 is 4.79 Å². The van der Waals surface area contributed by atoms with E-state index in [1.165, 1.54) is 6.07 Å². The van der Waals surface area contributed by atoms with Crippen LogP contribution in [0.25, 0.3) is 10.9 Å². The van der Waals surface area contributed by atoms with E-state index in [0.717, 1.165) is 55.5 Å². The van der Waals surface area contributed by atoms with Gasteiger partial charge < -0.3 is 14.8 Å². The summed E-state index contributed by atoms with van der Waals surface area (Å²) in [5.74, 6) is -0.0249. The van der Waals surface area contributed by atoms with E-state index in [9.17, 15) is 9.59 Å². The SMILES string of the molecule is Cc1ccc2[nH]c(=O)cc(C(=O)N3CCN(C)C4(CCN(C)CC4)C3)c2c1. The van der Waals surface area contributed by atoms with Crippen LogP contribution in [0, 0.1) is 6.92 Å². The van der Waals surface area contributed by atoms with E-state index in [-0.39, 0.29) is 17.0 Å². The molecule has 0 unspecified atom stereocenters. The number of fused-ring (bicyclic) bond motifs is 1. The normalized spacial score (nSPS) is 21.1. The number of nitrogens with one attached hydrogen (secondary N) is 1. The minimum Gasteiger partial charge on any atom is -0.335 e. The summed E-state index contributed by atoms with van der Waals surface area (Å²) in [7, 11) is 4.34. The Kier molecular flexibility index (Phi) is 4.56. The van der Waals surface area contributed by atoms with Crippen molar-refractivity contribution >= 4 is 16.8 Å². The number of carbonyl (C=O) groups is 1. The minimum atomic E-state index is -0.224. The van der Waals surface area contributed by atoms with Crippen molar-refractivity contribution in [2.45, 2.75) is 25.3 Å². The Balaban J connectivity index is 1.68. The van der Waals surface area contributed by atoms with Crippen molar-refractivity contribution in [2.24, 2.45) is 0 Å². The zero-order valence-electron chi connectivity index (χ0n) is 16.4. The summed E-state index contributed by atoms with van der Waals surface area (Å²) in [5, 5.41) is 0.830. The number of aromatic nitrogens is 1. The van der Waals surface area contributed by atoms with Crippen LogP contribution < -0.4 is 5.56 Å². The molecule has 0 aliphatic carbocycles. The van der Waals surface area contributed by atoms with E-state index in [2.05, 4.69) is 28.9 Å². The lowest BCUT2D eigenvalue weighted by atomic mass is 9.83. The van der Waals surface area contributed by atoms with Gasteiger partial charge in [0.1, 0.15) is 0 Å². The first kappa shape index (κ1) is 18.2. The van der Waals surface area contributed by atoms with Gasteiger partial charge in [-0.1, -0.05) is 11.6 Å². The molecular formula is C21H28N4O2. The van der Waals surface area contributed by atoms with Crippen LogP contribution in [0.2, 0.25) is 0 Å². The number of H-pyrrole nitrogens is 1. The molecule has 0 atom stereocenters. The largest absolute Gasteiger partial charge is 0.335 e. The number of hydrogen-bond donors (Lipinski definition) is 1. The number of benzene rings is 1. The van der Waals surface area contributed by atoms with Gasteiger partial charge >= 0.3 is 0 Å². The van der Waals surface area contributed by atoms with Crippen molar-refractivity contribution in [1.29, 1.82) is 0 Å². The van der Waals surface area contributed by atoms with Crippen LogP contribution in [-0.4, -0.2) is 77.9 Å². The predicted molar refractivity (Wildman–Crippen MR) is 107 cm³/mol. The standard InChI is InChI=1S/C21H28N4O2/c1-15-4-5-18-16(12-15)17(13-19(26)22-18)20(27)25-11-10-24(3)21(14-25)6-8-23(2)9-7-21/h4-5,12-13H,6-11,14H2,1-3H3,(H,22,26). The molecular weight excluding hydrogens is 340 g/mol. The molecule has 27 heavy (non-hydrogen) atoms. The molecule has 0 saturated carbocycles. The van der Waals surface area contributed by atoms with Crippen LogP contribution in [0.1, 0.15) is 28.8 Å². The number of likely N-dealkylation sites (tertiary alicyclic amines) is 1. The molecule has 2 saturated heterocycles. The fraction of sp³-hybridized carbons (Fsp3) is 0.524. The Morgan fingerprint density at radius 3 is 2.56 bits per heavy atom. The highest BCUT2D eigenvalue weighted by atomic mass is 16.2. The number of pyridine rings is 1. The third-order valence-electron chi connectivity index (χ3n) is 6.43. The highest BCUT2D eigenvalue weighted by molar-refractivity contribution is 6.06. The van der Waals surface area contributed by atoms with Gasteiger partial charge in [-0.15, -0.1) is 0 Å². The quantitative estimate of drug-likeness (QED) is 0.832. The number of aryl methyl sites for hydroxylation is 1. The number of piperazine rings is 1. The molecule has 3 heterocycles. The third-order valence-corrected chi connectivity index (χ3v) is 6.43. The van der Waals surface area contributed by atoms with Crippen molar-refractivity contribution in [3.8, 4) is 0 Å². The minimum absolute atomic E-state index is 0.0249. The van der Waals surface area contributed by atoms with Gasteiger partial charge in [0.25, 0.3) is 5.91 Å². The number of rotatable bonds is 1. The van der Waals surface area contributed by atoms with Crippen molar-refractivity contribution in [2.75, 3.05) is 46.8 Å². The van der Waals surface area contributed by atoms with Crippen molar-refractivity contribution in [1.82, 2.24) is 19.7 Å². The lowest BCUT2D eigenvalue weighted by Crippen LogP contribution is -2.65. The zero-order valence-corrected chi connectivity index (χ0v) is 16.4. The van der Waals surface area contributed by atoms with Gasteiger partial charge in [-0.3, -0.25) is 14.5 Å². The number of likely N-dealkylation sites (N-methyl/N-ethyl adjacent to an activating group) is 1. The smallest absolute Gasteiger partial charge is 0.254 e. The third kappa shape index (κ3) is 3.28. The van der Waals surface area contributed by atoms with Gasteiger partial charge in [-0.25, -0.2) is 0 Å². The number of aromatic amines is 1. The number of amides is 1. The molecule has 1 spiro atoms. The maximum atomic E-state index is 13.4. The summed E-state index contributed by atoms with van der Waals surface area (Å²) in [6.45, 7) is 6.42. The Labute approximate surface area is 159 Å². The van der Waals surface area contributed by atoms with Crippen LogP contribution in [-0.2, 0) is 0 Å². The van der Waals surface area contributed by atoms with Crippen molar-refractivity contribution in [3.05, 3.63) is 45.7 Å². The van der Waals surface area contributed by atoms with Gasteiger partial charge in [0.05, 0.1) is 5.56 Å². The summed E-state index contributed by atoms with van der Waals surface area (Å²) in [6.07, 6.45) is 2.14. The Morgan fingerprint density at radius 1 is 1.07 bits per heavy atom. The van der Waals surface area contributed by atoms with Crippen LogP contribution >= 0.6 is 0 Å². The van der Waals surface area contributed by atoms with Crippen LogP contribution in [0.5, 0.6) is 0 Å². The Hall–Kier alpha value is -2.18. The molecule has 1 amide bonds. The summed E-state index contributed by atoms with van der Waals surface area (Å²) in [5.41, 5.74) is 2.14. The second-order valence-electron chi connectivity index (χ2n) is 8.27. The van der Waals surface area contributed by atoms with Gasteiger partial charge in [0.2, 0.25) is 5.56 Å². The molecule has 0 radical (unpaired) electrons. The van der Waals surface area contributed by atoms with Gasteiger partial charge in [0, 0.05) is 42.1 Å². The molecule has 1 N–H and O–H groups in total. The number of carbonyl (C=O) groups excluding carboxylic acids is 1. The maximum Gasteiger partial charge on any atom is 0.254 e. The summed E-state index contributed by atoms with van der Waals surface area (Å²) >= 11 is 0. The van der Waals surface area contributed by atoms with E-state index in [0.29, 0.717) is 12.1 Å². The number of piperidine rings is 1. The molecule has 6 nitrogen and oxygen atoms in total. The lowest BCUT2D eigenvalue weighted by molar-refractivity contribution is -0.0169. The molecule has 0 bridgehead atoms. The monoisotopic (exact) mass is 368 g/mol. The second-order valence-corrected chi connectivity index (χ2v) is 8.27. The van der Waals surface area contributed by atoms with Gasteiger partial charge in [-0.2, -0.15) is 0 Å². The highest BCUT2D eigenvalue weighted by Gasteiger charge is 2.43. The number of nitrogens with zero attached hydrogens (tertiary/aromatic N) is 3. The van der Waals surface area contributed by atoms with E-state index in [4.69, 9.17) is 0 Å². The molecule has 1 aromatic heterocycles. The van der Waals surface area contributed by atoms with Gasteiger partial charge in [0.15, 0.2) is 0 Å². The van der Waals surface area contributed by atoms with E-state index >= 15 is 0 Å². The van der Waals surface area contributed by atoms with Crippen LogP contribution in [0.4, 0.5) is 0 Å². The van der Waals surface area contributed by atoms with E-state index in [1.807, 2.05) is 30.0 Å². The zero-order chi connectivity index (χ0) is 19.2. The maximum absolute atomic E-state index is 13.4. The molecule has 2 fully saturated rings. The molecule has 144 valence electrons. The molecule has 2 aliphatic heterocycles. The predicted octanol–water partition coefficient (Wildman–Crippen LogP) is 1.69. The molecule has 2 aromatic rings. The molecule has 1 aromatic carbocycles. The van der Waals surface area contributed by atoms with Crippen LogP contribution in [0.15, 0.2) is 29.1 Å². The lowest BCUT2D eigenvalue weighted by Gasteiger charge is -2.52.